The van der Waals surface area contributed by atoms with Gasteiger partial charge in [-0.1, -0.05) is 12.1 Å². The Morgan fingerprint density at radius 2 is 1.89 bits per heavy atom. The van der Waals surface area contributed by atoms with Crippen LogP contribution in [0.25, 0.3) is 5.69 Å². The first-order valence-corrected chi connectivity index (χ1v) is 8.04. The van der Waals surface area contributed by atoms with Crippen molar-refractivity contribution < 1.29 is 14.1 Å². The van der Waals surface area contributed by atoms with Crippen LogP contribution in [0.1, 0.15) is 5.56 Å². The number of pyridine rings is 1. The maximum absolute atomic E-state index is 12.9. The zero-order valence-corrected chi connectivity index (χ0v) is 14.4. The van der Waals surface area contributed by atoms with Crippen LogP contribution >= 0.6 is 0 Å². The standard InChI is InChI=1S/C19H16FN3O4/c1-21-17-10-15(6-7-18(17)23(25)26)22-9-8-16(11-19(22)24)27-12-13-2-4-14(20)5-3-13/h2-11,21H,12H2,1H3. The third kappa shape index (κ3) is 4.12. The second kappa shape index (κ2) is 7.69. The first kappa shape index (κ1) is 18.1. The molecule has 0 aliphatic carbocycles. The van der Waals surface area contributed by atoms with Gasteiger partial charge in [-0.15, -0.1) is 0 Å². The monoisotopic (exact) mass is 369 g/mol. The molecule has 0 bridgehead atoms. The molecule has 8 heteroatoms. The van der Waals surface area contributed by atoms with Crippen molar-refractivity contribution in [3.8, 4) is 11.4 Å². The summed E-state index contributed by atoms with van der Waals surface area (Å²) >= 11 is 0. The van der Waals surface area contributed by atoms with Crippen LogP contribution in [0.2, 0.25) is 0 Å². The average molecular weight is 369 g/mol. The largest absolute Gasteiger partial charge is 0.489 e. The molecule has 0 unspecified atom stereocenters. The maximum atomic E-state index is 12.9. The van der Waals surface area contributed by atoms with Gasteiger partial charge in [0.1, 0.15) is 23.9 Å². The lowest BCUT2D eigenvalue weighted by Gasteiger charge is -2.10. The molecular formula is C19H16FN3O4. The van der Waals surface area contributed by atoms with Gasteiger partial charge >= 0.3 is 0 Å². The first-order valence-electron chi connectivity index (χ1n) is 8.04. The fourth-order valence-electron chi connectivity index (χ4n) is 2.54. The highest BCUT2D eigenvalue weighted by Gasteiger charge is 2.14. The molecule has 0 amide bonds. The van der Waals surface area contributed by atoms with Gasteiger partial charge in [0.2, 0.25) is 0 Å². The second-order valence-electron chi connectivity index (χ2n) is 5.69. The van der Waals surface area contributed by atoms with E-state index in [0.29, 0.717) is 17.1 Å². The van der Waals surface area contributed by atoms with Crippen molar-refractivity contribution in [2.45, 2.75) is 6.61 Å². The van der Waals surface area contributed by atoms with E-state index in [2.05, 4.69) is 5.32 Å². The lowest BCUT2D eigenvalue weighted by molar-refractivity contribution is -0.383. The minimum atomic E-state index is -0.495. The fourth-order valence-corrected chi connectivity index (χ4v) is 2.54. The summed E-state index contributed by atoms with van der Waals surface area (Å²) in [5, 5.41) is 13.8. The molecule has 0 fully saturated rings. The SMILES string of the molecule is CNc1cc(-n2ccc(OCc3ccc(F)cc3)cc2=O)ccc1[N+](=O)[O-]. The molecule has 3 rings (SSSR count). The number of nitrogens with one attached hydrogen (secondary N) is 1. The molecule has 1 heterocycles. The molecule has 0 atom stereocenters. The molecule has 0 aliphatic rings. The van der Waals surface area contributed by atoms with Gasteiger partial charge in [0.25, 0.3) is 11.2 Å². The average Bonchev–Trinajstić information content (AvgIpc) is 2.67. The van der Waals surface area contributed by atoms with E-state index in [9.17, 15) is 19.3 Å². The molecule has 2 aromatic carbocycles. The Labute approximate surface area is 153 Å². The van der Waals surface area contributed by atoms with E-state index in [1.165, 1.54) is 47.2 Å². The predicted molar refractivity (Wildman–Crippen MR) is 99.0 cm³/mol. The molecule has 7 nitrogen and oxygen atoms in total. The molecule has 0 spiro atoms. The van der Waals surface area contributed by atoms with Gasteiger partial charge in [-0.05, 0) is 35.9 Å². The summed E-state index contributed by atoms with van der Waals surface area (Å²) in [5.74, 6) is 0.0433. The normalized spacial score (nSPS) is 10.4. The molecule has 0 radical (unpaired) electrons. The maximum Gasteiger partial charge on any atom is 0.292 e. The van der Waals surface area contributed by atoms with Crippen molar-refractivity contribution in [3.05, 3.63) is 92.6 Å². The van der Waals surface area contributed by atoms with Gasteiger partial charge in [0, 0.05) is 25.4 Å². The topological polar surface area (TPSA) is 86.4 Å². The number of hydrogen-bond donors (Lipinski definition) is 1. The zero-order valence-electron chi connectivity index (χ0n) is 14.4. The van der Waals surface area contributed by atoms with Crippen LogP contribution in [0.4, 0.5) is 15.8 Å². The number of benzene rings is 2. The molecule has 3 aromatic rings. The van der Waals surface area contributed by atoms with Crippen molar-refractivity contribution in [2.24, 2.45) is 0 Å². The molecule has 138 valence electrons. The van der Waals surface area contributed by atoms with Gasteiger partial charge in [0.05, 0.1) is 10.6 Å². The van der Waals surface area contributed by atoms with Crippen LogP contribution in [-0.4, -0.2) is 16.5 Å². The van der Waals surface area contributed by atoms with Crippen LogP contribution in [0.3, 0.4) is 0 Å². The molecule has 0 saturated carbocycles. The first-order chi connectivity index (χ1) is 13.0. The number of halogens is 1. The number of rotatable bonds is 6. The quantitative estimate of drug-likeness (QED) is 0.531. The van der Waals surface area contributed by atoms with Crippen molar-refractivity contribution in [1.29, 1.82) is 0 Å². The number of nitro groups is 1. The number of nitrogens with zero attached hydrogens (tertiary/aromatic N) is 2. The third-order valence-electron chi connectivity index (χ3n) is 3.93. The lowest BCUT2D eigenvalue weighted by Crippen LogP contribution is -2.17. The van der Waals surface area contributed by atoms with Gasteiger partial charge in [-0.3, -0.25) is 19.5 Å². The lowest BCUT2D eigenvalue weighted by atomic mass is 10.2. The van der Waals surface area contributed by atoms with Gasteiger partial charge in [-0.25, -0.2) is 4.39 Å². The summed E-state index contributed by atoms with van der Waals surface area (Å²) in [7, 11) is 1.57. The summed E-state index contributed by atoms with van der Waals surface area (Å²) in [5.41, 5.74) is 1.15. The van der Waals surface area contributed by atoms with Gasteiger partial charge in [-0.2, -0.15) is 0 Å². The number of ether oxygens (including phenoxy) is 1. The minimum absolute atomic E-state index is 0.0754. The summed E-state index contributed by atoms with van der Waals surface area (Å²) in [6.45, 7) is 0.200. The van der Waals surface area contributed by atoms with Crippen LogP contribution in [0.15, 0.2) is 65.6 Å². The number of nitro benzene ring substituents is 1. The van der Waals surface area contributed by atoms with Crippen molar-refractivity contribution in [3.63, 3.8) is 0 Å². The number of aromatic nitrogens is 1. The molecule has 27 heavy (non-hydrogen) atoms. The highest BCUT2D eigenvalue weighted by Crippen LogP contribution is 2.26. The van der Waals surface area contributed by atoms with E-state index in [0.717, 1.165) is 5.56 Å². The molecule has 0 saturated heterocycles. The van der Waals surface area contributed by atoms with Crippen molar-refractivity contribution in [2.75, 3.05) is 12.4 Å². The van der Waals surface area contributed by atoms with E-state index < -0.39 is 4.92 Å². The Balaban J connectivity index is 1.81. The Bertz CT molecular complexity index is 1030. The second-order valence-corrected chi connectivity index (χ2v) is 5.69. The smallest absolute Gasteiger partial charge is 0.292 e. The van der Waals surface area contributed by atoms with Crippen LogP contribution in [-0.2, 0) is 6.61 Å². The molecule has 1 N–H and O–H groups in total. The van der Waals surface area contributed by atoms with Crippen LogP contribution in [0, 0.1) is 15.9 Å². The van der Waals surface area contributed by atoms with Crippen molar-refractivity contribution in [1.82, 2.24) is 4.57 Å². The van der Waals surface area contributed by atoms with Crippen molar-refractivity contribution >= 4 is 11.4 Å². The molecular weight excluding hydrogens is 353 g/mol. The number of hydrogen-bond acceptors (Lipinski definition) is 5. The Kier molecular flexibility index (Phi) is 5.16. The van der Waals surface area contributed by atoms with E-state index >= 15 is 0 Å². The van der Waals surface area contributed by atoms with Crippen LogP contribution < -0.4 is 15.6 Å². The van der Waals surface area contributed by atoms with Gasteiger partial charge in [0.15, 0.2) is 0 Å². The molecule has 1 aromatic heterocycles. The van der Waals surface area contributed by atoms with E-state index in [-0.39, 0.29) is 23.7 Å². The highest BCUT2D eigenvalue weighted by atomic mass is 19.1. The Hall–Kier alpha value is -3.68. The zero-order chi connectivity index (χ0) is 19.4. The van der Waals surface area contributed by atoms with E-state index in [1.54, 1.807) is 25.2 Å². The summed E-state index contributed by atoms with van der Waals surface area (Å²) in [6.07, 6.45) is 1.53. The highest BCUT2D eigenvalue weighted by molar-refractivity contribution is 5.65. The number of anilines is 1. The Morgan fingerprint density at radius 1 is 1.15 bits per heavy atom. The van der Waals surface area contributed by atoms with Crippen LogP contribution in [0.5, 0.6) is 5.75 Å². The third-order valence-corrected chi connectivity index (χ3v) is 3.93. The summed E-state index contributed by atoms with van der Waals surface area (Å²) in [4.78, 5) is 22.9. The predicted octanol–water partition coefficient (Wildman–Crippen LogP) is 3.51. The minimum Gasteiger partial charge on any atom is -0.489 e. The molecule has 0 aliphatic heterocycles. The van der Waals surface area contributed by atoms with E-state index in [4.69, 9.17) is 4.74 Å². The Morgan fingerprint density at radius 3 is 2.52 bits per heavy atom. The summed E-state index contributed by atoms with van der Waals surface area (Å²) < 4.78 is 19.8. The van der Waals surface area contributed by atoms with Gasteiger partial charge < -0.3 is 10.1 Å². The summed E-state index contributed by atoms with van der Waals surface area (Å²) in [6, 6.07) is 13.2. The van der Waals surface area contributed by atoms with E-state index in [1.807, 2.05) is 0 Å². The fraction of sp³-hybridized carbons (Fsp3) is 0.105.